The zero-order chi connectivity index (χ0) is 18.4. The molecule has 1 aromatic rings. The highest BCUT2D eigenvalue weighted by Crippen LogP contribution is 2.37. The number of halogens is 1. The van der Waals surface area contributed by atoms with E-state index in [0.717, 1.165) is 24.9 Å². The smallest absolute Gasteiger partial charge is 0.255 e. The molecule has 1 aliphatic rings. The number of primary amides is 1. The van der Waals surface area contributed by atoms with Crippen molar-refractivity contribution in [2.24, 2.45) is 5.73 Å². The van der Waals surface area contributed by atoms with Crippen LogP contribution >= 0.6 is 11.6 Å². The summed E-state index contributed by atoms with van der Waals surface area (Å²) in [5.41, 5.74) is 6.14. The van der Waals surface area contributed by atoms with Gasteiger partial charge in [-0.05, 0) is 37.5 Å². The number of amides is 1. The van der Waals surface area contributed by atoms with Gasteiger partial charge < -0.3 is 15.2 Å². The molecule has 0 spiro atoms. The molecule has 2 atom stereocenters. The van der Waals surface area contributed by atoms with Crippen molar-refractivity contribution in [3.8, 4) is 11.5 Å². The van der Waals surface area contributed by atoms with E-state index in [9.17, 15) is 4.79 Å². The molecule has 25 heavy (non-hydrogen) atoms. The summed E-state index contributed by atoms with van der Waals surface area (Å²) < 4.78 is 10.8. The Morgan fingerprint density at radius 3 is 2.92 bits per heavy atom. The van der Waals surface area contributed by atoms with E-state index in [2.05, 4.69) is 30.6 Å². The molecule has 1 amide bonds. The van der Waals surface area contributed by atoms with Crippen LogP contribution in [0.15, 0.2) is 36.9 Å². The summed E-state index contributed by atoms with van der Waals surface area (Å²) in [7, 11) is 1.54. The fourth-order valence-corrected chi connectivity index (χ4v) is 3.35. The maximum Gasteiger partial charge on any atom is 0.255 e. The number of benzene rings is 1. The first-order valence-corrected chi connectivity index (χ1v) is 8.64. The van der Waals surface area contributed by atoms with Crippen molar-refractivity contribution in [3.05, 3.63) is 47.5 Å². The maximum absolute atomic E-state index is 10.9. The van der Waals surface area contributed by atoms with E-state index in [0.29, 0.717) is 28.6 Å². The largest absolute Gasteiger partial charge is 0.493 e. The molecule has 2 rings (SSSR count). The van der Waals surface area contributed by atoms with Gasteiger partial charge in [-0.3, -0.25) is 9.69 Å². The van der Waals surface area contributed by atoms with Gasteiger partial charge in [-0.15, -0.1) is 6.58 Å². The van der Waals surface area contributed by atoms with Crippen molar-refractivity contribution >= 4 is 17.5 Å². The van der Waals surface area contributed by atoms with Crippen molar-refractivity contribution in [2.75, 3.05) is 13.7 Å². The van der Waals surface area contributed by atoms with E-state index in [1.54, 1.807) is 7.11 Å². The Morgan fingerprint density at radius 1 is 1.52 bits per heavy atom. The second-order valence-electron chi connectivity index (χ2n) is 6.12. The Balaban J connectivity index is 2.24. The number of nitrogens with two attached hydrogens (primary N) is 1. The van der Waals surface area contributed by atoms with Crippen LogP contribution in [0.3, 0.4) is 0 Å². The first-order valence-electron chi connectivity index (χ1n) is 8.27. The molecule has 1 aliphatic heterocycles. The van der Waals surface area contributed by atoms with Crippen LogP contribution in [0.5, 0.6) is 11.5 Å². The van der Waals surface area contributed by atoms with Crippen molar-refractivity contribution in [1.29, 1.82) is 0 Å². The number of hydrogen-bond acceptors (Lipinski definition) is 4. The Kier molecular flexibility index (Phi) is 6.91. The SMILES string of the molecule is C=CC[C@@H]1CC=C[C@@H](C)N1Cc1cc(Cl)c(OCC(N)=O)c(OC)c1. The van der Waals surface area contributed by atoms with Gasteiger partial charge in [0.1, 0.15) is 0 Å². The topological polar surface area (TPSA) is 64.8 Å². The van der Waals surface area contributed by atoms with Gasteiger partial charge in [0.25, 0.3) is 5.91 Å². The number of methoxy groups -OCH3 is 1. The van der Waals surface area contributed by atoms with E-state index in [1.807, 2.05) is 18.2 Å². The molecule has 0 aliphatic carbocycles. The minimum atomic E-state index is -0.566. The molecule has 5 nitrogen and oxygen atoms in total. The van der Waals surface area contributed by atoms with Crippen molar-refractivity contribution in [1.82, 2.24) is 4.90 Å². The fourth-order valence-electron chi connectivity index (χ4n) is 3.07. The van der Waals surface area contributed by atoms with Crippen molar-refractivity contribution in [3.63, 3.8) is 0 Å². The van der Waals surface area contributed by atoms with Gasteiger partial charge in [-0.2, -0.15) is 0 Å². The third-order valence-electron chi connectivity index (χ3n) is 4.27. The highest BCUT2D eigenvalue weighted by Gasteiger charge is 2.24. The highest BCUT2D eigenvalue weighted by molar-refractivity contribution is 6.32. The second-order valence-corrected chi connectivity index (χ2v) is 6.53. The van der Waals surface area contributed by atoms with Gasteiger partial charge in [-0.1, -0.05) is 29.8 Å². The number of carbonyl (C=O) groups is 1. The molecule has 1 heterocycles. The fraction of sp³-hybridized carbons (Fsp3) is 0.421. The van der Waals surface area contributed by atoms with E-state index in [1.165, 1.54) is 0 Å². The van der Waals surface area contributed by atoms with Crippen LogP contribution in [0, 0.1) is 0 Å². The van der Waals surface area contributed by atoms with E-state index in [-0.39, 0.29) is 6.61 Å². The lowest BCUT2D eigenvalue weighted by Gasteiger charge is -2.37. The molecule has 136 valence electrons. The van der Waals surface area contributed by atoms with Crippen LogP contribution < -0.4 is 15.2 Å². The zero-order valence-electron chi connectivity index (χ0n) is 14.7. The van der Waals surface area contributed by atoms with Gasteiger partial charge in [0.15, 0.2) is 18.1 Å². The predicted molar refractivity (Wildman–Crippen MR) is 100 cm³/mol. The first kappa shape index (κ1) is 19.3. The molecule has 0 bridgehead atoms. The lowest BCUT2D eigenvalue weighted by atomic mass is 9.99. The van der Waals surface area contributed by atoms with Crippen LogP contribution in [-0.2, 0) is 11.3 Å². The Bertz CT molecular complexity index is 660. The Morgan fingerprint density at radius 2 is 2.28 bits per heavy atom. The van der Waals surface area contributed by atoms with Crippen molar-refractivity contribution < 1.29 is 14.3 Å². The Labute approximate surface area is 154 Å². The van der Waals surface area contributed by atoms with E-state index < -0.39 is 5.91 Å². The summed E-state index contributed by atoms with van der Waals surface area (Å²) in [6.07, 6.45) is 8.32. The third-order valence-corrected chi connectivity index (χ3v) is 4.55. The predicted octanol–water partition coefficient (Wildman–Crippen LogP) is 3.31. The molecule has 0 unspecified atom stereocenters. The molecule has 6 heteroatoms. The van der Waals surface area contributed by atoms with Gasteiger partial charge in [0, 0.05) is 18.6 Å². The number of nitrogens with zero attached hydrogens (tertiary/aromatic N) is 1. The minimum absolute atomic E-state index is 0.245. The standard InChI is InChI=1S/C19H25ClN2O3/c1-4-6-15-8-5-7-13(2)22(15)11-14-9-16(20)19(17(10-14)24-3)25-12-18(21)23/h4-5,7,9-10,13,15H,1,6,8,11-12H2,2-3H3,(H2,21,23)/t13-,15-/m1/s1. The van der Waals surface area contributed by atoms with Gasteiger partial charge in [0.05, 0.1) is 12.1 Å². The normalized spacial score (nSPS) is 20.3. The van der Waals surface area contributed by atoms with Crippen LogP contribution in [0.4, 0.5) is 0 Å². The molecular formula is C19H25ClN2O3. The summed E-state index contributed by atoms with van der Waals surface area (Å²) in [4.78, 5) is 13.4. The average Bonchev–Trinajstić information content (AvgIpc) is 2.56. The molecule has 2 N–H and O–H groups in total. The van der Waals surface area contributed by atoms with Crippen LogP contribution in [0.25, 0.3) is 0 Å². The minimum Gasteiger partial charge on any atom is -0.493 e. The number of ether oxygens (including phenoxy) is 2. The summed E-state index contributed by atoms with van der Waals surface area (Å²) >= 11 is 6.34. The van der Waals surface area contributed by atoms with Crippen LogP contribution in [0.1, 0.15) is 25.3 Å². The van der Waals surface area contributed by atoms with E-state index in [4.69, 9.17) is 26.8 Å². The maximum atomic E-state index is 10.9. The second kappa shape index (κ2) is 8.92. The summed E-state index contributed by atoms with van der Waals surface area (Å²) in [5.74, 6) is 0.258. The summed E-state index contributed by atoms with van der Waals surface area (Å²) in [6, 6.07) is 4.47. The lowest BCUT2D eigenvalue weighted by Crippen LogP contribution is -2.42. The average molecular weight is 365 g/mol. The van der Waals surface area contributed by atoms with Gasteiger partial charge in [0.2, 0.25) is 0 Å². The van der Waals surface area contributed by atoms with Crippen LogP contribution in [0.2, 0.25) is 5.02 Å². The summed E-state index contributed by atoms with van der Waals surface area (Å²) in [5, 5.41) is 0.399. The number of carbonyl (C=O) groups excluding carboxylic acids is 1. The molecule has 0 aromatic heterocycles. The zero-order valence-corrected chi connectivity index (χ0v) is 15.5. The lowest BCUT2D eigenvalue weighted by molar-refractivity contribution is -0.119. The van der Waals surface area contributed by atoms with Crippen LogP contribution in [-0.4, -0.2) is 36.6 Å². The molecule has 0 fully saturated rings. The monoisotopic (exact) mass is 364 g/mol. The van der Waals surface area contributed by atoms with Gasteiger partial charge in [-0.25, -0.2) is 0 Å². The third kappa shape index (κ3) is 5.00. The molecule has 0 saturated carbocycles. The quantitative estimate of drug-likeness (QED) is 0.719. The van der Waals surface area contributed by atoms with E-state index >= 15 is 0 Å². The molecule has 0 radical (unpaired) electrons. The Hall–Kier alpha value is -1.98. The molecular weight excluding hydrogens is 340 g/mol. The summed E-state index contributed by atoms with van der Waals surface area (Å²) in [6.45, 7) is 6.53. The highest BCUT2D eigenvalue weighted by atomic mass is 35.5. The van der Waals surface area contributed by atoms with Crippen molar-refractivity contribution in [2.45, 2.75) is 38.4 Å². The molecule has 0 saturated heterocycles. The van der Waals surface area contributed by atoms with Gasteiger partial charge >= 0.3 is 0 Å². The first-order chi connectivity index (χ1) is 12.0. The number of hydrogen-bond donors (Lipinski definition) is 1. The number of rotatable bonds is 8. The molecule has 1 aromatic carbocycles.